The lowest BCUT2D eigenvalue weighted by Crippen LogP contribution is -2.30. The highest BCUT2D eigenvalue weighted by Gasteiger charge is 2.37. The molecule has 26 heavy (non-hydrogen) atoms. The summed E-state index contributed by atoms with van der Waals surface area (Å²) in [6.45, 7) is 0.575. The van der Waals surface area contributed by atoms with Crippen molar-refractivity contribution in [2.24, 2.45) is 5.92 Å². The summed E-state index contributed by atoms with van der Waals surface area (Å²) in [7, 11) is -3.89. The van der Waals surface area contributed by atoms with Crippen molar-refractivity contribution in [1.29, 1.82) is 0 Å². The molecule has 0 spiro atoms. The van der Waals surface area contributed by atoms with Gasteiger partial charge in [0.2, 0.25) is 5.91 Å². The molecule has 0 unspecified atom stereocenters. The summed E-state index contributed by atoms with van der Waals surface area (Å²) in [4.78, 5) is 14.2. The third-order valence-corrected chi connectivity index (χ3v) is 6.95. The summed E-state index contributed by atoms with van der Waals surface area (Å²) in [6, 6.07) is 8.39. The number of hydrogen-bond acceptors (Lipinski definition) is 3. The van der Waals surface area contributed by atoms with Crippen LogP contribution in [0.2, 0.25) is 0 Å². The number of halogens is 2. The molecule has 136 valence electrons. The van der Waals surface area contributed by atoms with Crippen LogP contribution < -0.4 is 9.62 Å². The van der Waals surface area contributed by atoms with Crippen LogP contribution in [0.5, 0.6) is 0 Å². The molecule has 1 fully saturated rings. The van der Waals surface area contributed by atoms with Crippen molar-refractivity contribution in [3.05, 3.63) is 52.3 Å². The third-order valence-electron chi connectivity index (χ3n) is 4.61. The van der Waals surface area contributed by atoms with Crippen LogP contribution in [0, 0.1) is 11.7 Å². The Morgan fingerprint density at radius 3 is 2.54 bits per heavy atom. The van der Waals surface area contributed by atoms with Crippen molar-refractivity contribution in [2.75, 3.05) is 16.2 Å². The number of nitrogens with zero attached hydrogens (tertiary/aromatic N) is 1. The van der Waals surface area contributed by atoms with Gasteiger partial charge in [0.15, 0.2) is 0 Å². The van der Waals surface area contributed by atoms with Gasteiger partial charge in [-0.05, 0) is 77.2 Å². The smallest absolute Gasteiger partial charge is 0.263 e. The van der Waals surface area contributed by atoms with Gasteiger partial charge in [0.25, 0.3) is 10.0 Å². The van der Waals surface area contributed by atoms with Crippen LogP contribution in [0.15, 0.2) is 45.8 Å². The van der Waals surface area contributed by atoms with Crippen LogP contribution in [0.25, 0.3) is 0 Å². The molecule has 1 saturated carbocycles. The van der Waals surface area contributed by atoms with E-state index >= 15 is 0 Å². The number of nitrogens with one attached hydrogen (secondary N) is 1. The highest BCUT2D eigenvalue weighted by Crippen LogP contribution is 2.39. The van der Waals surface area contributed by atoms with Crippen molar-refractivity contribution < 1.29 is 17.6 Å². The third kappa shape index (κ3) is 3.23. The first kappa shape index (κ1) is 17.5. The molecule has 5 nitrogen and oxygen atoms in total. The fourth-order valence-corrected chi connectivity index (χ4v) is 5.27. The number of benzene rings is 2. The molecule has 8 heteroatoms. The maximum Gasteiger partial charge on any atom is 0.263 e. The molecule has 0 aromatic heterocycles. The van der Waals surface area contributed by atoms with Gasteiger partial charge in [-0.25, -0.2) is 12.8 Å². The van der Waals surface area contributed by atoms with Crippen molar-refractivity contribution in [2.45, 2.75) is 24.2 Å². The normalized spacial score (nSPS) is 16.5. The SMILES string of the molecule is O=C(C1CC1)N1CCc2cc(Br)c(S(=O)(=O)Nc3ccc(F)cc3)cc21. The van der Waals surface area contributed by atoms with Crippen molar-refractivity contribution >= 4 is 43.2 Å². The Morgan fingerprint density at radius 1 is 1.19 bits per heavy atom. The van der Waals surface area contributed by atoms with Gasteiger partial charge in [-0.1, -0.05) is 0 Å². The standard InChI is InChI=1S/C18H16BrFN2O3S/c19-15-9-12-7-8-22(18(23)11-1-2-11)16(12)10-17(15)26(24,25)21-14-5-3-13(20)4-6-14/h3-6,9-11,21H,1-2,7-8H2. The molecule has 1 heterocycles. The average Bonchev–Trinajstić information content (AvgIpc) is 3.36. The highest BCUT2D eigenvalue weighted by molar-refractivity contribution is 9.10. The van der Waals surface area contributed by atoms with Crippen LogP contribution in [0.1, 0.15) is 18.4 Å². The maximum atomic E-state index is 13.0. The summed E-state index contributed by atoms with van der Waals surface area (Å²) in [5.74, 6) is -0.302. The Labute approximate surface area is 159 Å². The Bertz CT molecular complexity index is 988. The van der Waals surface area contributed by atoms with Gasteiger partial charge in [-0.2, -0.15) is 0 Å². The monoisotopic (exact) mass is 438 g/mol. The Hall–Kier alpha value is -1.93. The average molecular weight is 439 g/mol. The number of fused-ring (bicyclic) bond motifs is 1. The second-order valence-electron chi connectivity index (χ2n) is 6.54. The summed E-state index contributed by atoms with van der Waals surface area (Å²) >= 11 is 3.33. The molecular formula is C18H16BrFN2O3S. The van der Waals surface area contributed by atoms with Crippen molar-refractivity contribution in [3.63, 3.8) is 0 Å². The molecule has 0 radical (unpaired) electrons. The molecule has 1 amide bonds. The number of rotatable bonds is 4. The van der Waals surface area contributed by atoms with Crippen LogP contribution in [-0.4, -0.2) is 20.9 Å². The highest BCUT2D eigenvalue weighted by atomic mass is 79.9. The van der Waals surface area contributed by atoms with E-state index in [1.807, 2.05) is 0 Å². The van der Waals surface area contributed by atoms with E-state index < -0.39 is 15.8 Å². The van der Waals surface area contributed by atoms with E-state index in [2.05, 4.69) is 20.7 Å². The summed E-state index contributed by atoms with van der Waals surface area (Å²) in [6.07, 6.45) is 2.51. The van der Waals surface area contributed by atoms with Crippen molar-refractivity contribution in [1.82, 2.24) is 0 Å². The van der Waals surface area contributed by atoms with Crippen molar-refractivity contribution in [3.8, 4) is 0 Å². The number of carbonyl (C=O) groups excluding carboxylic acids is 1. The molecule has 1 aliphatic carbocycles. The summed E-state index contributed by atoms with van der Waals surface area (Å²) < 4.78 is 41.5. The predicted molar refractivity (Wildman–Crippen MR) is 100 cm³/mol. The second-order valence-corrected chi connectivity index (χ2v) is 9.04. The van der Waals surface area contributed by atoms with E-state index in [0.717, 1.165) is 18.4 Å². The molecule has 0 saturated heterocycles. The van der Waals surface area contributed by atoms with Gasteiger partial charge in [0, 0.05) is 28.3 Å². The van der Waals surface area contributed by atoms with E-state index in [0.29, 0.717) is 23.1 Å². The van der Waals surface area contributed by atoms with Gasteiger partial charge >= 0.3 is 0 Å². The zero-order valence-electron chi connectivity index (χ0n) is 13.7. The zero-order chi connectivity index (χ0) is 18.5. The number of carbonyl (C=O) groups is 1. The Morgan fingerprint density at radius 2 is 1.88 bits per heavy atom. The fourth-order valence-electron chi connectivity index (χ4n) is 3.10. The number of hydrogen-bond donors (Lipinski definition) is 1. The predicted octanol–water partition coefficient (Wildman–Crippen LogP) is 3.69. The van der Waals surface area contributed by atoms with E-state index in [-0.39, 0.29) is 22.4 Å². The number of amides is 1. The molecular weight excluding hydrogens is 423 g/mol. The molecule has 2 aromatic carbocycles. The van der Waals surface area contributed by atoms with Crippen LogP contribution in [-0.2, 0) is 21.2 Å². The topological polar surface area (TPSA) is 66.5 Å². The minimum atomic E-state index is -3.89. The molecule has 4 rings (SSSR count). The maximum absolute atomic E-state index is 13.0. The second kappa shape index (κ2) is 6.35. The first-order chi connectivity index (χ1) is 12.3. The fraction of sp³-hybridized carbons (Fsp3) is 0.278. The Balaban J connectivity index is 1.69. The molecule has 2 aliphatic rings. The van der Waals surface area contributed by atoms with Gasteiger partial charge in [0.1, 0.15) is 10.7 Å². The van der Waals surface area contributed by atoms with E-state index in [4.69, 9.17) is 0 Å². The van der Waals surface area contributed by atoms with Gasteiger partial charge in [0.05, 0.1) is 0 Å². The van der Waals surface area contributed by atoms with E-state index in [1.54, 1.807) is 17.0 Å². The number of anilines is 2. The van der Waals surface area contributed by atoms with Crippen LogP contribution in [0.4, 0.5) is 15.8 Å². The van der Waals surface area contributed by atoms with Gasteiger partial charge in [-0.3, -0.25) is 9.52 Å². The van der Waals surface area contributed by atoms with E-state index in [1.165, 1.54) is 24.3 Å². The minimum absolute atomic E-state index is 0.0519. The van der Waals surface area contributed by atoms with Gasteiger partial charge < -0.3 is 4.90 Å². The minimum Gasteiger partial charge on any atom is -0.312 e. The molecule has 0 atom stereocenters. The summed E-state index contributed by atoms with van der Waals surface area (Å²) in [5, 5.41) is 0. The quantitative estimate of drug-likeness (QED) is 0.791. The first-order valence-electron chi connectivity index (χ1n) is 8.27. The molecule has 0 bridgehead atoms. The lowest BCUT2D eigenvalue weighted by Gasteiger charge is -2.18. The van der Waals surface area contributed by atoms with Crippen LogP contribution >= 0.6 is 15.9 Å². The van der Waals surface area contributed by atoms with E-state index in [9.17, 15) is 17.6 Å². The summed E-state index contributed by atoms with van der Waals surface area (Å²) in [5.41, 5.74) is 1.88. The first-order valence-corrected chi connectivity index (χ1v) is 10.5. The largest absolute Gasteiger partial charge is 0.312 e. The van der Waals surface area contributed by atoms with Crippen LogP contribution in [0.3, 0.4) is 0 Å². The molecule has 1 N–H and O–H groups in total. The van der Waals surface area contributed by atoms with Gasteiger partial charge in [-0.15, -0.1) is 0 Å². The lowest BCUT2D eigenvalue weighted by molar-refractivity contribution is -0.119. The molecule has 2 aromatic rings. The Kier molecular flexibility index (Phi) is 4.27. The molecule has 1 aliphatic heterocycles. The lowest BCUT2D eigenvalue weighted by atomic mass is 10.2. The number of sulfonamides is 1. The zero-order valence-corrected chi connectivity index (χ0v) is 16.1.